The summed E-state index contributed by atoms with van der Waals surface area (Å²) in [7, 11) is -1.87. The van der Waals surface area contributed by atoms with Gasteiger partial charge in [-0.1, -0.05) is 12.1 Å². The molecule has 3 N–H and O–H groups in total. The maximum atomic E-state index is 12.2. The summed E-state index contributed by atoms with van der Waals surface area (Å²) in [6, 6.07) is 11.2. The van der Waals surface area contributed by atoms with Crippen molar-refractivity contribution in [1.29, 1.82) is 0 Å². The van der Waals surface area contributed by atoms with E-state index in [1.165, 1.54) is 18.5 Å². The number of hydrogen-bond donors (Lipinski definition) is 3. The number of aryl methyl sites for hydroxylation is 2. The van der Waals surface area contributed by atoms with E-state index >= 15 is 0 Å². The highest BCUT2D eigenvalue weighted by Gasteiger charge is 2.12. The van der Waals surface area contributed by atoms with Crippen molar-refractivity contribution in [3.05, 3.63) is 54.6 Å². The number of nitrogens with zero attached hydrogens (tertiary/aromatic N) is 4. The number of guanidine groups is 1. The van der Waals surface area contributed by atoms with Crippen LogP contribution in [0, 0.1) is 6.92 Å². The summed E-state index contributed by atoms with van der Waals surface area (Å²) < 4.78 is 29.1. The molecule has 9 nitrogen and oxygen atoms in total. The van der Waals surface area contributed by atoms with Crippen LogP contribution in [0.5, 0.6) is 0 Å². The van der Waals surface area contributed by atoms with Crippen molar-refractivity contribution < 1.29 is 8.42 Å². The van der Waals surface area contributed by atoms with E-state index in [9.17, 15) is 8.42 Å². The standard InChI is InChI=1S/C20H27N7O2S.HI/c1-16-26-18-8-3-4-9-19(18)27(16)14-6-11-23-20(21-2)24-12-13-25-30(28,29)17-7-5-10-22-15-17;/h3-5,7-10,15,25H,6,11-14H2,1-2H3,(H2,21,23,24);1H. The number of imidazole rings is 1. The monoisotopic (exact) mass is 557 g/mol. The van der Waals surface area contributed by atoms with E-state index in [0.717, 1.165) is 36.4 Å². The fourth-order valence-electron chi connectivity index (χ4n) is 3.10. The summed E-state index contributed by atoms with van der Waals surface area (Å²) in [6.45, 7) is 4.23. The van der Waals surface area contributed by atoms with Gasteiger partial charge in [-0.3, -0.25) is 9.98 Å². The number of fused-ring (bicyclic) bond motifs is 1. The second-order valence-corrected chi connectivity index (χ2v) is 8.43. The van der Waals surface area contributed by atoms with Gasteiger partial charge in [-0.15, -0.1) is 24.0 Å². The summed E-state index contributed by atoms with van der Waals surface area (Å²) in [5.74, 6) is 1.63. The summed E-state index contributed by atoms with van der Waals surface area (Å²) >= 11 is 0. The first-order valence-corrected chi connectivity index (χ1v) is 11.3. The highest BCUT2D eigenvalue weighted by atomic mass is 127. The molecule has 0 saturated heterocycles. The van der Waals surface area contributed by atoms with Crippen molar-refractivity contribution in [2.45, 2.75) is 24.8 Å². The lowest BCUT2D eigenvalue weighted by Crippen LogP contribution is -2.41. The minimum Gasteiger partial charge on any atom is -0.356 e. The number of aromatic nitrogens is 3. The molecule has 2 aromatic heterocycles. The normalized spacial score (nSPS) is 11.9. The summed E-state index contributed by atoms with van der Waals surface area (Å²) in [6.07, 6.45) is 3.75. The van der Waals surface area contributed by atoms with E-state index < -0.39 is 10.0 Å². The molecule has 2 heterocycles. The van der Waals surface area contributed by atoms with Crippen LogP contribution < -0.4 is 15.4 Å². The van der Waals surface area contributed by atoms with Gasteiger partial charge in [0, 0.05) is 45.6 Å². The van der Waals surface area contributed by atoms with E-state index in [0.29, 0.717) is 12.5 Å². The topological polar surface area (TPSA) is 113 Å². The number of pyridine rings is 1. The largest absolute Gasteiger partial charge is 0.356 e. The van der Waals surface area contributed by atoms with Gasteiger partial charge in [0.2, 0.25) is 10.0 Å². The molecule has 0 bridgehead atoms. The Bertz CT molecular complexity index is 1100. The second-order valence-electron chi connectivity index (χ2n) is 6.67. The van der Waals surface area contributed by atoms with Crippen LogP contribution in [-0.4, -0.2) is 55.6 Å². The lowest BCUT2D eigenvalue weighted by atomic mass is 10.3. The SMILES string of the molecule is CN=C(NCCCn1c(C)nc2ccccc21)NCCNS(=O)(=O)c1cccnc1.I. The minimum atomic E-state index is -3.55. The highest BCUT2D eigenvalue weighted by molar-refractivity contribution is 14.0. The van der Waals surface area contributed by atoms with Gasteiger partial charge in [0.25, 0.3) is 0 Å². The lowest BCUT2D eigenvalue weighted by Gasteiger charge is -2.13. The zero-order chi connectivity index (χ0) is 21.4. The van der Waals surface area contributed by atoms with Crippen LogP contribution in [0.3, 0.4) is 0 Å². The zero-order valence-corrected chi connectivity index (χ0v) is 20.7. The number of para-hydroxylation sites is 2. The molecule has 0 amide bonds. The Hall–Kier alpha value is -2.25. The number of aliphatic imine (C=N–C) groups is 1. The van der Waals surface area contributed by atoms with Crippen LogP contribution in [0.4, 0.5) is 0 Å². The Morgan fingerprint density at radius 2 is 1.87 bits per heavy atom. The predicted octanol–water partition coefficient (Wildman–Crippen LogP) is 1.89. The van der Waals surface area contributed by atoms with Crippen molar-refractivity contribution in [1.82, 2.24) is 29.9 Å². The second kappa shape index (κ2) is 12.0. The number of benzene rings is 1. The molecule has 0 atom stereocenters. The Labute approximate surface area is 199 Å². The average Bonchev–Trinajstić information content (AvgIpc) is 3.08. The number of hydrogen-bond acceptors (Lipinski definition) is 5. The van der Waals surface area contributed by atoms with Gasteiger partial charge in [0.1, 0.15) is 10.7 Å². The van der Waals surface area contributed by atoms with E-state index in [1.54, 1.807) is 13.1 Å². The van der Waals surface area contributed by atoms with Gasteiger partial charge < -0.3 is 15.2 Å². The van der Waals surface area contributed by atoms with Crippen LogP contribution in [-0.2, 0) is 16.6 Å². The lowest BCUT2D eigenvalue weighted by molar-refractivity contribution is 0.579. The molecule has 0 unspecified atom stereocenters. The first kappa shape index (κ1) is 25.0. The van der Waals surface area contributed by atoms with Gasteiger partial charge in [0.15, 0.2) is 5.96 Å². The molecular formula is C20H28IN7O2S. The van der Waals surface area contributed by atoms with Crippen molar-refractivity contribution in [2.75, 3.05) is 26.7 Å². The molecule has 3 aromatic rings. The summed E-state index contributed by atoms with van der Waals surface area (Å²) in [4.78, 5) is 12.7. The Morgan fingerprint density at radius 1 is 1.10 bits per heavy atom. The summed E-state index contributed by atoms with van der Waals surface area (Å²) in [5, 5.41) is 6.35. The predicted molar refractivity (Wildman–Crippen MR) is 133 cm³/mol. The number of rotatable bonds is 9. The first-order chi connectivity index (χ1) is 14.5. The molecule has 11 heteroatoms. The molecule has 3 rings (SSSR count). The molecule has 31 heavy (non-hydrogen) atoms. The zero-order valence-electron chi connectivity index (χ0n) is 17.6. The van der Waals surface area contributed by atoms with Crippen molar-refractivity contribution in [2.24, 2.45) is 4.99 Å². The van der Waals surface area contributed by atoms with E-state index in [2.05, 4.69) is 40.9 Å². The van der Waals surface area contributed by atoms with Gasteiger partial charge >= 0.3 is 0 Å². The minimum absolute atomic E-state index is 0. The Balaban J connectivity index is 0.00000341. The number of halogens is 1. The van der Waals surface area contributed by atoms with Crippen LogP contribution in [0.2, 0.25) is 0 Å². The van der Waals surface area contributed by atoms with Crippen LogP contribution in [0.15, 0.2) is 58.7 Å². The Morgan fingerprint density at radius 3 is 2.61 bits per heavy atom. The molecule has 168 valence electrons. The fraction of sp³-hybridized carbons (Fsp3) is 0.350. The molecule has 0 radical (unpaired) electrons. The first-order valence-electron chi connectivity index (χ1n) is 9.77. The smallest absolute Gasteiger partial charge is 0.242 e. The highest BCUT2D eigenvalue weighted by Crippen LogP contribution is 2.15. The quantitative estimate of drug-likeness (QED) is 0.160. The molecule has 0 saturated carbocycles. The van der Waals surface area contributed by atoms with Crippen molar-refractivity contribution in [3.63, 3.8) is 0 Å². The van der Waals surface area contributed by atoms with Gasteiger partial charge in [-0.2, -0.15) is 0 Å². The third kappa shape index (κ3) is 6.87. The maximum absolute atomic E-state index is 12.2. The van der Waals surface area contributed by atoms with E-state index in [4.69, 9.17) is 0 Å². The summed E-state index contributed by atoms with van der Waals surface area (Å²) in [5.41, 5.74) is 2.15. The van der Waals surface area contributed by atoms with E-state index in [1.807, 2.05) is 25.1 Å². The van der Waals surface area contributed by atoms with E-state index in [-0.39, 0.29) is 35.4 Å². The van der Waals surface area contributed by atoms with Crippen LogP contribution in [0.1, 0.15) is 12.2 Å². The van der Waals surface area contributed by atoms with Gasteiger partial charge in [-0.25, -0.2) is 18.1 Å². The molecule has 0 aliphatic heterocycles. The maximum Gasteiger partial charge on any atom is 0.242 e. The van der Waals surface area contributed by atoms with Crippen molar-refractivity contribution in [3.8, 4) is 0 Å². The Kier molecular flexibility index (Phi) is 9.65. The van der Waals surface area contributed by atoms with Crippen LogP contribution >= 0.6 is 24.0 Å². The number of sulfonamides is 1. The molecule has 0 aliphatic carbocycles. The number of nitrogens with one attached hydrogen (secondary N) is 3. The third-order valence-corrected chi connectivity index (χ3v) is 6.02. The molecular weight excluding hydrogens is 529 g/mol. The molecule has 0 fully saturated rings. The van der Waals surface area contributed by atoms with Crippen molar-refractivity contribution >= 4 is 51.0 Å². The third-order valence-electron chi connectivity index (χ3n) is 4.57. The van der Waals surface area contributed by atoms with Gasteiger partial charge in [-0.05, 0) is 37.6 Å². The average molecular weight is 557 g/mol. The molecule has 0 spiro atoms. The van der Waals surface area contributed by atoms with Gasteiger partial charge in [0.05, 0.1) is 11.0 Å². The fourth-order valence-corrected chi connectivity index (χ4v) is 4.09. The molecule has 0 aliphatic rings. The van der Waals surface area contributed by atoms with Crippen LogP contribution in [0.25, 0.3) is 11.0 Å². The molecule has 1 aromatic carbocycles.